The third-order valence-electron chi connectivity index (χ3n) is 10.0. The molecule has 1 unspecified atom stereocenters. The summed E-state index contributed by atoms with van der Waals surface area (Å²) < 4.78 is 11.3. The van der Waals surface area contributed by atoms with Crippen LogP contribution in [0.2, 0.25) is 0 Å². The molecule has 234 valence electrons. The fraction of sp³-hybridized carbons (Fsp3) is 0.500. The van der Waals surface area contributed by atoms with Crippen LogP contribution in [0.15, 0.2) is 35.1 Å². The van der Waals surface area contributed by atoms with Gasteiger partial charge in [-0.2, -0.15) is 0 Å². The summed E-state index contributed by atoms with van der Waals surface area (Å²) in [6.07, 6.45) is 4.40. The number of aromatic amines is 1. The summed E-state index contributed by atoms with van der Waals surface area (Å²) in [5, 5.41) is 0. The number of nitrogens with two attached hydrogens (primary N) is 1. The molecule has 3 aliphatic rings. The summed E-state index contributed by atoms with van der Waals surface area (Å²) in [5.41, 5.74) is 16.9. The van der Waals surface area contributed by atoms with Crippen molar-refractivity contribution in [2.75, 3.05) is 51.0 Å². The van der Waals surface area contributed by atoms with E-state index >= 15 is 0 Å². The van der Waals surface area contributed by atoms with E-state index in [4.69, 9.17) is 15.2 Å². The summed E-state index contributed by atoms with van der Waals surface area (Å²) in [4.78, 5) is 34.4. The number of morpholine rings is 1. The SMILES string of the molecule is CCN(c1c(C)c(C(N)=O)cc(-c2ccc3c(c2)CCC3N2CCOCC2)c1Cc1c(C)cc(C)[nH]c1=O)C1CCOCC1. The van der Waals surface area contributed by atoms with Gasteiger partial charge >= 0.3 is 0 Å². The highest BCUT2D eigenvalue weighted by atomic mass is 16.5. The first-order valence-electron chi connectivity index (χ1n) is 16.2. The zero-order valence-corrected chi connectivity index (χ0v) is 26.6. The smallest absolute Gasteiger partial charge is 0.251 e. The van der Waals surface area contributed by atoms with Crippen LogP contribution in [-0.2, 0) is 22.3 Å². The predicted octanol–water partition coefficient (Wildman–Crippen LogP) is 4.98. The average molecular weight is 599 g/mol. The number of hydrogen-bond donors (Lipinski definition) is 2. The van der Waals surface area contributed by atoms with Gasteiger partial charge in [-0.05, 0) is 104 Å². The van der Waals surface area contributed by atoms with Gasteiger partial charge in [0.1, 0.15) is 0 Å². The normalized spacial score (nSPS) is 19.2. The van der Waals surface area contributed by atoms with Gasteiger partial charge in [0.25, 0.3) is 5.56 Å². The van der Waals surface area contributed by atoms with Crippen molar-refractivity contribution < 1.29 is 14.3 Å². The first-order chi connectivity index (χ1) is 21.3. The van der Waals surface area contributed by atoms with Crippen LogP contribution in [-0.4, -0.2) is 67.9 Å². The lowest BCUT2D eigenvalue weighted by Crippen LogP contribution is -2.41. The highest BCUT2D eigenvalue weighted by Crippen LogP contribution is 2.43. The molecule has 2 saturated heterocycles. The van der Waals surface area contributed by atoms with Gasteiger partial charge < -0.3 is 25.1 Å². The number of anilines is 1. The Morgan fingerprint density at radius 3 is 2.41 bits per heavy atom. The van der Waals surface area contributed by atoms with E-state index in [9.17, 15) is 9.59 Å². The number of ether oxygens (including phenoxy) is 2. The lowest BCUT2D eigenvalue weighted by Gasteiger charge is -2.38. The van der Waals surface area contributed by atoms with Gasteiger partial charge in [-0.25, -0.2) is 0 Å². The van der Waals surface area contributed by atoms with Crippen LogP contribution in [0.3, 0.4) is 0 Å². The number of amides is 1. The Morgan fingerprint density at radius 2 is 1.73 bits per heavy atom. The van der Waals surface area contributed by atoms with Crippen molar-refractivity contribution in [3.8, 4) is 11.1 Å². The molecule has 3 aromatic rings. The molecule has 1 amide bonds. The minimum absolute atomic E-state index is 0.0625. The van der Waals surface area contributed by atoms with Crippen molar-refractivity contribution >= 4 is 11.6 Å². The summed E-state index contributed by atoms with van der Waals surface area (Å²) in [6.45, 7) is 13.8. The minimum Gasteiger partial charge on any atom is -0.381 e. The van der Waals surface area contributed by atoms with Crippen molar-refractivity contribution in [1.82, 2.24) is 9.88 Å². The van der Waals surface area contributed by atoms with Crippen molar-refractivity contribution in [2.24, 2.45) is 5.73 Å². The molecule has 1 aromatic heterocycles. The summed E-state index contributed by atoms with van der Waals surface area (Å²) in [6, 6.07) is 11.5. The number of nitrogens with one attached hydrogen (secondary N) is 1. The van der Waals surface area contributed by atoms with E-state index in [1.807, 2.05) is 32.9 Å². The van der Waals surface area contributed by atoms with E-state index < -0.39 is 5.91 Å². The number of H-pyrrole nitrogens is 1. The Labute approximate surface area is 260 Å². The molecule has 0 saturated carbocycles. The van der Waals surface area contributed by atoms with Crippen molar-refractivity contribution in [3.63, 3.8) is 0 Å². The Bertz CT molecular complexity index is 1600. The predicted molar refractivity (Wildman–Crippen MR) is 175 cm³/mol. The lowest BCUT2D eigenvalue weighted by molar-refractivity contribution is 0.0164. The topological polar surface area (TPSA) is 101 Å². The Morgan fingerprint density at radius 1 is 1.00 bits per heavy atom. The number of carbonyl (C=O) groups excluding carboxylic acids is 1. The van der Waals surface area contributed by atoms with Crippen LogP contribution >= 0.6 is 0 Å². The van der Waals surface area contributed by atoms with Crippen LogP contribution < -0.4 is 16.2 Å². The van der Waals surface area contributed by atoms with E-state index in [1.165, 1.54) is 11.1 Å². The molecule has 1 atom stereocenters. The summed E-state index contributed by atoms with van der Waals surface area (Å²) in [7, 11) is 0. The quantitative estimate of drug-likeness (QED) is 0.379. The molecular weight excluding hydrogens is 552 g/mol. The number of aromatic nitrogens is 1. The van der Waals surface area contributed by atoms with Gasteiger partial charge in [0.05, 0.1) is 13.2 Å². The van der Waals surface area contributed by atoms with E-state index in [0.29, 0.717) is 31.2 Å². The van der Waals surface area contributed by atoms with Crippen LogP contribution in [0.25, 0.3) is 11.1 Å². The number of primary amides is 1. The Hall–Kier alpha value is -3.46. The van der Waals surface area contributed by atoms with Crippen LogP contribution in [0.4, 0.5) is 5.69 Å². The number of hydrogen-bond acceptors (Lipinski definition) is 6. The second-order valence-corrected chi connectivity index (χ2v) is 12.7. The third kappa shape index (κ3) is 5.83. The van der Waals surface area contributed by atoms with Crippen molar-refractivity contribution in [2.45, 2.75) is 71.9 Å². The molecule has 8 heteroatoms. The van der Waals surface area contributed by atoms with Crippen molar-refractivity contribution in [1.29, 1.82) is 0 Å². The number of rotatable bonds is 8. The Balaban J connectivity index is 1.54. The molecule has 2 aromatic carbocycles. The standard InChI is InChI=1S/C36H46N4O4/c1-5-40(27-10-14-43-15-11-27)34-24(4)30(35(37)41)21-31(32(34)20-29-22(2)18-23(3)38-36(29)42)26-6-8-28-25(19-26)7-9-33(28)39-12-16-44-17-13-39/h6,8,18-19,21,27,33H,5,7,9-17,20H2,1-4H3,(H2,37,41)(H,38,42). The van der Waals surface area contributed by atoms with Gasteiger partial charge in [0.2, 0.25) is 5.91 Å². The maximum absolute atomic E-state index is 13.4. The molecule has 8 nitrogen and oxygen atoms in total. The van der Waals surface area contributed by atoms with Gasteiger partial charge in [0.15, 0.2) is 0 Å². The van der Waals surface area contributed by atoms with Gasteiger partial charge in [-0.15, -0.1) is 0 Å². The third-order valence-corrected chi connectivity index (χ3v) is 10.0. The maximum Gasteiger partial charge on any atom is 0.251 e. The molecule has 2 fully saturated rings. The zero-order chi connectivity index (χ0) is 31.0. The van der Waals surface area contributed by atoms with Gasteiger partial charge in [0, 0.05) is 73.9 Å². The van der Waals surface area contributed by atoms with Crippen LogP contribution in [0.5, 0.6) is 0 Å². The number of fused-ring (bicyclic) bond motifs is 1. The average Bonchev–Trinajstić information content (AvgIpc) is 3.44. The monoisotopic (exact) mass is 598 g/mol. The van der Waals surface area contributed by atoms with E-state index in [-0.39, 0.29) is 11.6 Å². The molecule has 44 heavy (non-hydrogen) atoms. The fourth-order valence-corrected chi connectivity index (χ4v) is 7.81. The van der Waals surface area contributed by atoms with Crippen LogP contribution in [0, 0.1) is 20.8 Å². The zero-order valence-electron chi connectivity index (χ0n) is 26.6. The Kier molecular flexibility index (Phi) is 8.94. The summed E-state index contributed by atoms with van der Waals surface area (Å²) >= 11 is 0. The number of nitrogens with zero attached hydrogens (tertiary/aromatic N) is 2. The number of pyridine rings is 1. The summed E-state index contributed by atoms with van der Waals surface area (Å²) in [5.74, 6) is -0.433. The first-order valence-corrected chi connectivity index (χ1v) is 16.2. The maximum atomic E-state index is 13.4. The second-order valence-electron chi connectivity index (χ2n) is 12.7. The molecule has 2 aliphatic heterocycles. The van der Waals surface area contributed by atoms with Gasteiger partial charge in [-0.1, -0.05) is 18.2 Å². The number of carbonyl (C=O) groups is 1. The molecule has 0 spiro atoms. The van der Waals surface area contributed by atoms with E-state index in [2.05, 4.69) is 39.9 Å². The molecule has 3 heterocycles. The number of aryl methyl sites for hydroxylation is 3. The van der Waals surface area contributed by atoms with E-state index in [1.54, 1.807) is 0 Å². The molecule has 3 N–H and O–H groups in total. The lowest BCUT2D eigenvalue weighted by atomic mass is 9.86. The largest absolute Gasteiger partial charge is 0.381 e. The fourth-order valence-electron chi connectivity index (χ4n) is 7.81. The van der Waals surface area contributed by atoms with Crippen molar-refractivity contribution in [3.05, 3.63) is 85.3 Å². The molecule has 0 bridgehead atoms. The van der Waals surface area contributed by atoms with Gasteiger partial charge in [-0.3, -0.25) is 14.5 Å². The second kappa shape index (κ2) is 12.9. The highest BCUT2D eigenvalue weighted by Gasteiger charge is 2.31. The number of benzene rings is 2. The van der Waals surface area contributed by atoms with E-state index in [0.717, 1.165) is 103 Å². The molecule has 6 rings (SSSR count). The first kappa shape index (κ1) is 30.6. The molecular formula is C36H46N4O4. The molecule has 1 aliphatic carbocycles. The van der Waals surface area contributed by atoms with Crippen LogP contribution in [0.1, 0.15) is 81.7 Å². The highest BCUT2D eigenvalue weighted by molar-refractivity contribution is 5.99. The minimum atomic E-state index is -0.433. The molecule has 0 radical (unpaired) electrons.